The molecule has 3 heterocycles. The molecule has 4 bridgehead atoms. The van der Waals surface area contributed by atoms with Crippen LogP contribution in [0.15, 0.2) is 22.5 Å². The van der Waals surface area contributed by atoms with Crippen molar-refractivity contribution in [2.24, 2.45) is 16.8 Å². The molecule has 0 saturated carbocycles. The third-order valence-corrected chi connectivity index (χ3v) is 7.74. The zero-order valence-corrected chi connectivity index (χ0v) is 20.8. The van der Waals surface area contributed by atoms with Gasteiger partial charge in [-0.1, -0.05) is 39.3 Å². The topological polar surface area (TPSA) is 101 Å². The average Bonchev–Trinajstić information content (AvgIpc) is 3.37. The van der Waals surface area contributed by atoms with E-state index in [4.69, 9.17) is 0 Å². The van der Waals surface area contributed by atoms with Gasteiger partial charge in [-0.25, -0.2) is 4.98 Å². The van der Waals surface area contributed by atoms with Crippen molar-refractivity contribution in [3.8, 4) is 0 Å². The van der Waals surface area contributed by atoms with E-state index in [-0.39, 0.29) is 42.3 Å². The van der Waals surface area contributed by atoms with Crippen LogP contribution in [0.3, 0.4) is 0 Å². The molecular formula is C23H32N4O3S2. The van der Waals surface area contributed by atoms with E-state index in [0.717, 1.165) is 28.6 Å². The van der Waals surface area contributed by atoms with E-state index >= 15 is 0 Å². The number of carbonyl (C=O) groups excluding carboxylic acids is 3. The van der Waals surface area contributed by atoms with Crippen molar-refractivity contribution in [2.45, 2.75) is 71.5 Å². The van der Waals surface area contributed by atoms with Crippen molar-refractivity contribution in [3.63, 3.8) is 0 Å². The van der Waals surface area contributed by atoms with Crippen LogP contribution in [0.4, 0.5) is 0 Å². The highest BCUT2D eigenvalue weighted by Crippen LogP contribution is 2.32. The summed E-state index contributed by atoms with van der Waals surface area (Å²) < 4.78 is 0. The van der Waals surface area contributed by atoms with Crippen molar-refractivity contribution in [3.05, 3.63) is 28.2 Å². The quantitative estimate of drug-likeness (QED) is 0.648. The fourth-order valence-electron chi connectivity index (χ4n) is 3.68. The monoisotopic (exact) mass is 476 g/mol. The lowest BCUT2D eigenvalue weighted by Gasteiger charge is -2.27. The number of nitrogens with one attached hydrogen (secondary N) is 2. The molecular weight excluding hydrogens is 444 g/mol. The number of aromatic nitrogens is 1. The number of amides is 2. The fourth-order valence-corrected chi connectivity index (χ4v) is 5.61. The Kier molecular flexibility index (Phi) is 8.27. The average molecular weight is 477 g/mol. The first-order chi connectivity index (χ1) is 15.2. The number of fused-ring (bicyclic) bond motifs is 4. The normalized spacial score (nSPS) is 27.5. The van der Waals surface area contributed by atoms with E-state index in [1.165, 1.54) is 23.1 Å². The first-order valence-electron chi connectivity index (χ1n) is 11.2. The zero-order valence-electron chi connectivity index (χ0n) is 19.1. The predicted molar refractivity (Wildman–Crippen MR) is 130 cm³/mol. The number of rotatable bonds is 4. The number of aliphatic imine (C=N–C) groups is 1. The van der Waals surface area contributed by atoms with Crippen LogP contribution in [0.1, 0.15) is 64.1 Å². The molecule has 2 aliphatic rings. The highest BCUT2D eigenvalue weighted by atomic mass is 32.2. The summed E-state index contributed by atoms with van der Waals surface area (Å²) in [5, 5.41) is 9.31. The number of hydrogen-bond donors (Lipinski definition) is 2. The summed E-state index contributed by atoms with van der Waals surface area (Å²) in [6.07, 6.45) is 6.33. The Bertz CT molecular complexity index is 924. The van der Waals surface area contributed by atoms with Gasteiger partial charge in [-0.3, -0.25) is 19.4 Å². The van der Waals surface area contributed by atoms with Crippen molar-refractivity contribution in [1.29, 1.82) is 0 Å². The molecule has 1 aromatic heterocycles. The minimum atomic E-state index is -0.942. The second kappa shape index (κ2) is 10.7. The smallest absolute Gasteiger partial charge is 0.249 e. The molecule has 0 saturated heterocycles. The molecule has 0 radical (unpaired) electrons. The van der Waals surface area contributed by atoms with Crippen molar-refractivity contribution >= 4 is 45.7 Å². The Balaban J connectivity index is 1.92. The van der Waals surface area contributed by atoms with Crippen molar-refractivity contribution in [1.82, 2.24) is 15.6 Å². The Labute approximate surface area is 197 Å². The lowest BCUT2D eigenvalue weighted by molar-refractivity contribution is -0.131. The Hall–Kier alpha value is -2.00. The number of allylic oxidation sites excluding steroid dienone is 2. The van der Waals surface area contributed by atoms with Crippen LogP contribution in [-0.2, 0) is 20.9 Å². The maximum Gasteiger partial charge on any atom is 0.249 e. The third kappa shape index (κ3) is 6.07. The van der Waals surface area contributed by atoms with Gasteiger partial charge >= 0.3 is 0 Å². The molecule has 3 rings (SSSR count). The summed E-state index contributed by atoms with van der Waals surface area (Å²) in [6.45, 7) is 8.08. The van der Waals surface area contributed by atoms with Gasteiger partial charge < -0.3 is 10.6 Å². The SMILES string of the molecule is CCC/C=C/[C@@H]1CC(=O)NCc2nc(cs2)C2=N[C@@](C)(CS2)C(=O)N[C@@H](C(C)C)C(=O)C1. The van der Waals surface area contributed by atoms with E-state index in [2.05, 4.69) is 27.5 Å². The number of unbranched alkanes of at least 4 members (excludes halogenated alkanes) is 1. The van der Waals surface area contributed by atoms with Gasteiger partial charge in [0.2, 0.25) is 11.8 Å². The van der Waals surface area contributed by atoms with E-state index in [1.807, 2.05) is 31.4 Å². The maximum atomic E-state index is 13.2. The summed E-state index contributed by atoms with van der Waals surface area (Å²) in [6, 6.07) is -0.618. The van der Waals surface area contributed by atoms with E-state index in [0.29, 0.717) is 12.3 Å². The second-order valence-electron chi connectivity index (χ2n) is 8.93. The Morgan fingerprint density at radius 2 is 2.06 bits per heavy atom. The molecule has 9 heteroatoms. The second-order valence-corrected chi connectivity index (χ2v) is 10.8. The van der Waals surface area contributed by atoms with Gasteiger partial charge in [0.1, 0.15) is 21.3 Å². The van der Waals surface area contributed by atoms with Crippen LogP contribution in [0.25, 0.3) is 0 Å². The summed E-state index contributed by atoms with van der Waals surface area (Å²) in [7, 11) is 0. The molecule has 3 atom stereocenters. The van der Waals surface area contributed by atoms with Gasteiger partial charge in [0.05, 0.1) is 12.6 Å². The molecule has 0 fully saturated rings. The largest absolute Gasteiger partial charge is 0.350 e. The third-order valence-electron chi connectivity index (χ3n) is 5.61. The standard InChI is InChI=1S/C23H32N4O3S2/c1-5-6-7-8-15-9-17(28)20(14(2)3)26-22(30)23(4)13-32-21(27-23)16-12-31-19(25-16)11-24-18(29)10-15/h7-8,12,14-15,20H,5-6,9-11,13H2,1-4H3,(H,24,29)(H,26,30)/b8-7+/t15-,20-,23-/m0/s1. The van der Waals surface area contributed by atoms with Gasteiger partial charge in [0.25, 0.3) is 0 Å². The number of carbonyl (C=O) groups is 3. The molecule has 0 unspecified atom stereocenters. The molecule has 2 N–H and O–H groups in total. The summed E-state index contributed by atoms with van der Waals surface area (Å²) in [5.41, 5.74) is -0.215. The fraction of sp³-hybridized carbons (Fsp3) is 0.609. The Morgan fingerprint density at radius 3 is 2.78 bits per heavy atom. The molecule has 0 aromatic carbocycles. The molecule has 7 nitrogen and oxygen atoms in total. The van der Waals surface area contributed by atoms with Crippen LogP contribution in [0.5, 0.6) is 0 Å². The number of Topliss-reactive ketones (excluding diaryl/α,β-unsaturated/α-hetero) is 1. The molecule has 174 valence electrons. The van der Waals surface area contributed by atoms with Crippen LogP contribution in [0.2, 0.25) is 0 Å². The first kappa shape index (κ1) is 24.6. The van der Waals surface area contributed by atoms with Crippen molar-refractivity contribution in [2.75, 3.05) is 5.75 Å². The van der Waals surface area contributed by atoms with E-state index in [1.54, 1.807) is 6.92 Å². The minimum Gasteiger partial charge on any atom is -0.350 e. The predicted octanol–water partition coefficient (Wildman–Crippen LogP) is 3.49. The molecule has 0 aliphatic carbocycles. The number of thiazole rings is 1. The van der Waals surface area contributed by atoms with Crippen LogP contribution >= 0.6 is 23.1 Å². The molecule has 0 spiro atoms. The van der Waals surface area contributed by atoms with Gasteiger partial charge in [0.15, 0.2) is 5.78 Å². The lowest BCUT2D eigenvalue weighted by Crippen LogP contribution is -2.52. The van der Waals surface area contributed by atoms with Gasteiger partial charge in [-0.05, 0) is 25.2 Å². The minimum absolute atomic E-state index is 0.0550. The van der Waals surface area contributed by atoms with Gasteiger partial charge in [0, 0.05) is 24.0 Å². The first-order valence-corrected chi connectivity index (χ1v) is 13.0. The summed E-state index contributed by atoms with van der Waals surface area (Å²) in [5.74, 6) is -0.195. The molecule has 2 amide bonds. The number of ketones is 1. The summed E-state index contributed by atoms with van der Waals surface area (Å²) in [4.78, 5) is 48.3. The van der Waals surface area contributed by atoms with Crippen LogP contribution < -0.4 is 10.6 Å². The van der Waals surface area contributed by atoms with Crippen LogP contribution in [-0.4, -0.2) is 45.0 Å². The lowest BCUT2D eigenvalue weighted by atomic mass is 9.89. The number of hydrogen-bond acceptors (Lipinski definition) is 7. The van der Waals surface area contributed by atoms with Crippen molar-refractivity contribution < 1.29 is 14.4 Å². The Morgan fingerprint density at radius 1 is 1.28 bits per heavy atom. The van der Waals surface area contributed by atoms with E-state index < -0.39 is 11.6 Å². The van der Waals surface area contributed by atoms with Gasteiger partial charge in [-0.2, -0.15) is 0 Å². The van der Waals surface area contributed by atoms with E-state index in [9.17, 15) is 14.4 Å². The number of thioether (sulfide) groups is 1. The number of nitrogens with zero attached hydrogens (tertiary/aromatic N) is 2. The molecule has 1 aromatic rings. The van der Waals surface area contributed by atoms with Gasteiger partial charge in [-0.15, -0.1) is 23.1 Å². The maximum absolute atomic E-state index is 13.2. The highest BCUT2D eigenvalue weighted by molar-refractivity contribution is 8.14. The van der Waals surface area contributed by atoms with Crippen LogP contribution in [0, 0.1) is 11.8 Å². The zero-order chi connectivity index (χ0) is 23.3. The molecule has 2 aliphatic heterocycles. The molecule has 32 heavy (non-hydrogen) atoms. The summed E-state index contributed by atoms with van der Waals surface area (Å²) >= 11 is 2.96. The highest BCUT2D eigenvalue weighted by Gasteiger charge is 2.41.